The van der Waals surface area contributed by atoms with Crippen molar-refractivity contribution in [2.45, 2.75) is 27.7 Å². The predicted octanol–water partition coefficient (Wildman–Crippen LogP) is 7.15. The lowest BCUT2D eigenvalue weighted by molar-refractivity contribution is -0.519. The van der Waals surface area contributed by atoms with E-state index in [2.05, 4.69) is 127 Å². The van der Waals surface area contributed by atoms with Gasteiger partial charge in [-0.15, -0.1) is 0 Å². The smallest absolute Gasteiger partial charge is 0.199 e. The number of fused-ring (bicyclic) bond motifs is 1. The molecule has 0 aromatic heterocycles. The first-order valence-electron chi connectivity index (χ1n) is 12.9. The van der Waals surface area contributed by atoms with Crippen molar-refractivity contribution < 1.29 is 4.58 Å². The SMILES string of the molecule is CCN(CC)c1ccc(C(=C2C=CC(=[N+](CC)CC)C=C2)c2ccc(NC)c3ccccc23)cc1. The fraction of sp³-hybridized carbons (Fsp3) is 0.281. The molecule has 0 amide bonds. The minimum absolute atomic E-state index is 1.01. The Balaban J connectivity index is 1.93. The van der Waals surface area contributed by atoms with Crippen LogP contribution in [0, 0.1) is 0 Å². The summed E-state index contributed by atoms with van der Waals surface area (Å²) in [6.07, 6.45) is 9.08. The molecule has 3 heteroatoms. The molecular weight excluding hydrogens is 426 g/mol. The van der Waals surface area contributed by atoms with Gasteiger partial charge in [-0.3, -0.25) is 0 Å². The van der Waals surface area contributed by atoms with Crippen molar-refractivity contribution in [1.82, 2.24) is 0 Å². The number of nitrogens with zero attached hydrogens (tertiary/aromatic N) is 2. The van der Waals surface area contributed by atoms with Crippen LogP contribution in [0.15, 0.2) is 90.5 Å². The summed E-state index contributed by atoms with van der Waals surface area (Å²) in [6.45, 7) is 12.9. The molecule has 0 saturated carbocycles. The summed E-state index contributed by atoms with van der Waals surface area (Å²) < 4.78 is 2.39. The van der Waals surface area contributed by atoms with Gasteiger partial charge in [0.2, 0.25) is 0 Å². The third-order valence-electron chi connectivity index (χ3n) is 7.03. The molecule has 4 rings (SSSR count). The molecule has 0 heterocycles. The van der Waals surface area contributed by atoms with Crippen LogP contribution in [0.3, 0.4) is 0 Å². The average molecular weight is 465 g/mol. The molecule has 35 heavy (non-hydrogen) atoms. The third-order valence-corrected chi connectivity index (χ3v) is 7.03. The molecular formula is C32H38N3+. The minimum atomic E-state index is 1.01. The van der Waals surface area contributed by atoms with Gasteiger partial charge < -0.3 is 10.2 Å². The van der Waals surface area contributed by atoms with Crippen molar-refractivity contribution in [2.75, 3.05) is 43.4 Å². The summed E-state index contributed by atoms with van der Waals surface area (Å²) in [5.41, 5.74) is 8.68. The van der Waals surface area contributed by atoms with Gasteiger partial charge in [0.15, 0.2) is 5.71 Å². The van der Waals surface area contributed by atoms with Crippen LogP contribution in [0.4, 0.5) is 11.4 Å². The van der Waals surface area contributed by atoms with E-state index < -0.39 is 0 Å². The topological polar surface area (TPSA) is 18.3 Å². The highest BCUT2D eigenvalue weighted by Gasteiger charge is 2.17. The van der Waals surface area contributed by atoms with Crippen LogP contribution in [0.25, 0.3) is 16.3 Å². The maximum Gasteiger partial charge on any atom is 0.199 e. The van der Waals surface area contributed by atoms with E-state index in [-0.39, 0.29) is 0 Å². The summed E-state index contributed by atoms with van der Waals surface area (Å²) in [6, 6.07) is 22.2. The molecule has 1 aliphatic rings. The van der Waals surface area contributed by atoms with Crippen molar-refractivity contribution in [3.8, 4) is 0 Å². The Kier molecular flexibility index (Phi) is 7.87. The zero-order valence-corrected chi connectivity index (χ0v) is 21.8. The molecule has 0 unspecified atom stereocenters. The Morgan fingerprint density at radius 2 is 1.37 bits per heavy atom. The van der Waals surface area contributed by atoms with Crippen LogP contribution in [0.1, 0.15) is 38.8 Å². The number of hydrogen-bond acceptors (Lipinski definition) is 2. The van der Waals surface area contributed by atoms with Gasteiger partial charge in [0.1, 0.15) is 13.1 Å². The van der Waals surface area contributed by atoms with Crippen molar-refractivity contribution in [3.63, 3.8) is 0 Å². The summed E-state index contributed by atoms with van der Waals surface area (Å²) in [7, 11) is 1.99. The highest BCUT2D eigenvalue weighted by atomic mass is 15.1. The Labute approximate surface area is 210 Å². The zero-order chi connectivity index (χ0) is 24.8. The molecule has 3 nitrogen and oxygen atoms in total. The van der Waals surface area contributed by atoms with E-state index in [9.17, 15) is 0 Å². The summed E-state index contributed by atoms with van der Waals surface area (Å²) in [5.74, 6) is 0. The van der Waals surface area contributed by atoms with Crippen LogP contribution in [0.5, 0.6) is 0 Å². The lowest BCUT2D eigenvalue weighted by Gasteiger charge is -2.22. The van der Waals surface area contributed by atoms with Crippen LogP contribution in [-0.4, -0.2) is 43.5 Å². The average Bonchev–Trinajstić information content (AvgIpc) is 2.92. The molecule has 3 aromatic carbocycles. The van der Waals surface area contributed by atoms with Gasteiger partial charge in [0.25, 0.3) is 0 Å². The second-order valence-corrected chi connectivity index (χ2v) is 8.77. The van der Waals surface area contributed by atoms with E-state index in [4.69, 9.17) is 0 Å². The van der Waals surface area contributed by atoms with E-state index in [1.54, 1.807) is 0 Å². The van der Waals surface area contributed by atoms with Gasteiger partial charge in [0.05, 0.1) is 0 Å². The Morgan fingerprint density at radius 3 is 1.94 bits per heavy atom. The molecule has 1 aliphatic carbocycles. The molecule has 0 atom stereocenters. The third kappa shape index (κ3) is 4.95. The number of nitrogens with one attached hydrogen (secondary N) is 1. The van der Waals surface area contributed by atoms with Crippen LogP contribution < -0.4 is 10.2 Å². The number of anilines is 2. The van der Waals surface area contributed by atoms with E-state index in [0.29, 0.717) is 0 Å². The van der Waals surface area contributed by atoms with Gasteiger partial charge in [-0.1, -0.05) is 42.5 Å². The molecule has 0 aliphatic heterocycles. The highest BCUT2D eigenvalue weighted by molar-refractivity contribution is 6.07. The minimum Gasteiger partial charge on any atom is -0.388 e. The monoisotopic (exact) mass is 464 g/mol. The first kappa shape index (κ1) is 24.5. The van der Waals surface area contributed by atoms with E-state index in [0.717, 1.165) is 31.9 Å². The summed E-state index contributed by atoms with van der Waals surface area (Å²) in [5, 5.41) is 5.86. The fourth-order valence-electron chi connectivity index (χ4n) is 5.07. The van der Waals surface area contributed by atoms with E-state index in [1.165, 1.54) is 44.4 Å². The van der Waals surface area contributed by atoms with E-state index in [1.807, 2.05) is 7.05 Å². The molecule has 0 saturated heterocycles. The van der Waals surface area contributed by atoms with Crippen LogP contribution >= 0.6 is 0 Å². The summed E-state index contributed by atoms with van der Waals surface area (Å²) in [4.78, 5) is 2.39. The number of benzene rings is 3. The predicted molar refractivity (Wildman–Crippen MR) is 154 cm³/mol. The maximum atomic E-state index is 3.36. The van der Waals surface area contributed by atoms with E-state index >= 15 is 0 Å². The first-order valence-corrected chi connectivity index (χ1v) is 12.9. The molecule has 1 N–H and O–H groups in total. The molecule has 0 spiro atoms. The van der Waals surface area contributed by atoms with Gasteiger partial charge in [-0.05, 0) is 85.7 Å². The van der Waals surface area contributed by atoms with Crippen LogP contribution in [-0.2, 0) is 0 Å². The zero-order valence-electron chi connectivity index (χ0n) is 21.8. The lowest BCUT2D eigenvalue weighted by atomic mass is 9.87. The number of rotatable bonds is 8. The van der Waals surface area contributed by atoms with Gasteiger partial charge >= 0.3 is 0 Å². The summed E-state index contributed by atoms with van der Waals surface area (Å²) >= 11 is 0. The number of allylic oxidation sites excluding steroid dienone is 5. The molecule has 0 radical (unpaired) electrons. The van der Waals surface area contributed by atoms with Crippen molar-refractivity contribution >= 4 is 33.4 Å². The largest absolute Gasteiger partial charge is 0.388 e. The van der Waals surface area contributed by atoms with Crippen LogP contribution in [0.2, 0.25) is 0 Å². The maximum absolute atomic E-state index is 3.36. The van der Waals surface area contributed by atoms with Crippen molar-refractivity contribution in [1.29, 1.82) is 0 Å². The van der Waals surface area contributed by atoms with Crippen molar-refractivity contribution in [2.24, 2.45) is 0 Å². The number of hydrogen-bond donors (Lipinski definition) is 1. The second kappa shape index (κ2) is 11.2. The first-order chi connectivity index (χ1) is 17.1. The standard InChI is InChI=1S/C32H37N3/c1-6-34(7-2)26-18-14-24(15-19-26)32(25-16-20-27(21-17-25)35(8-3)9-4)30-22-23-31(33-5)29-13-11-10-12-28(29)30/h10-23H,6-9H2,1-5H3/p+1. The molecule has 3 aromatic rings. The normalized spacial score (nSPS) is 12.8. The molecule has 180 valence electrons. The quantitative estimate of drug-likeness (QED) is 0.357. The Hall–Kier alpha value is -3.59. The van der Waals surface area contributed by atoms with Crippen molar-refractivity contribution in [3.05, 3.63) is 102 Å². The Bertz CT molecular complexity index is 1280. The second-order valence-electron chi connectivity index (χ2n) is 8.77. The lowest BCUT2D eigenvalue weighted by Crippen LogP contribution is -2.21. The van der Waals surface area contributed by atoms with Gasteiger partial charge in [0, 0.05) is 49.1 Å². The molecule has 0 fully saturated rings. The highest BCUT2D eigenvalue weighted by Crippen LogP contribution is 2.37. The van der Waals surface area contributed by atoms with Gasteiger partial charge in [-0.2, -0.15) is 0 Å². The fourth-order valence-corrected chi connectivity index (χ4v) is 5.07. The van der Waals surface area contributed by atoms with Gasteiger partial charge in [-0.25, -0.2) is 4.58 Å². The Morgan fingerprint density at radius 1 is 0.743 bits per heavy atom. The molecule has 0 bridgehead atoms.